The number of hydrogen-bond donors (Lipinski definition) is 1. The lowest BCUT2D eigenvalue weighted by Gasteiger charge is -2.33. The largest absolute Gasteiger partial charge is 0.389 e. The highest BCUT2D eigenvalue weighted by Gasteiger charge is 2.30. The van der Waals surface area contributed by atoms with Crippen LogP contribution in [0.5, 0.6) is 0 Å². The summed E-state index contributed by atoms with van der Waals surface area (Å²) in [5, 5.41) is 11.2. The first-order valence-electron chi connectivity index (χ1n) is 6.63. The molecule has 0 heterocycles. The summed E-state index contributed by atoms with van der Waals surface area (Å²) in [6, 6.07) is 0. The average Bonchev–Trinajstić information content (AvgIpc) is 2.29. The second-order valence-electron chi connectivity index (χ2n) is 5.36. The third-order valence-corrected chi connectivity index (χ3v) is 5.57. The van der Waals surface area contributed by atoms with Crippen LogP contribution in [0, 0.1) is 0 Å². The predicted molar refractivity (Wildman–Crippen MR) is 67.4 cm³/mol. The molecule has 1 N–H and O–H groups in total. The van der Waals surface area contributed by atoms with Gasteiger partial charge in [-0.05, 0) is 25.7 Å². The van der Waals surface area contributed by atoms with Crippen LogP contribution >= 0.6 is 11.8 Å². The Morgan fingerprint density at radius 2 is 1.53 bits per heavy atom. The molecule has 2 saturated carbocycles. The number of rotatable bonds is 3. The fraction of sp³-hybridized carbons (Fsp3) is 1.00. The van der Waals surface area contributed by atoms with Crippen LogP contribution in [0.4, 0.5) is 0 Å². The molecule has 0 aromatic heterocycles. The van der Waals surface area contributed by atoms with Crippen LogP contribution in [0.1, 0.15) is 64.2 Å². The Bertz CT molecular complexity index is 181. The number of aliphatic hydroxyl groups is 1. The molecule has 0 aromatic carbocycles. The molecular formula is C13H24OS. The van der Waals surface area contributed by atoms with Gasteiger partial charge in [0, 0.05) is 11.0 Å². The monoisotopic (exact) mass is 228 g/mol. The summed E-state index contributed by atoms with van der Waals surface area (Å²) in [4.78, 5) is 0. The molecule has 0 aromatic rings. The Labute approximate surface area is 98.0 Å². The smallest absolute Gasteiger partial charge is 0.0737 e. The van der Waals surface area contributed by atoms with Gasteiger partial charge in [0.15, 0.2) is 0 Å². The first-order chi connectivity index (χ1) is 7.29. The van der Waals surface area contributed by atoms with Crippen LogP contribution in [0.15, 0.2) is 0 Å². The zero-order valence-electron chi connectivity index (χ0n) is 9.71. The highest BCUT2D eigenvalue weighted by Crippen LogP contribution is 2.35. The Morgan fingerprint density at radius 3 is 2.20 bits per heavy atom. The SMILES string of the molecule is OC1(CSC2CCCCC2)CCCCC1. The molecule has 1 nitrogen and oxygen atoms in total. The quantitative estimate of drug-likeness (QED) is 0.794. The van der Waals surface area contributed by atoms with E-state index in [0.29, 0.717) is 0 Å². The summed E-state index contributed by atoms with van der Waals surface area (Å²) in [6.45, 7) is 0. The summed E-state index contributed by atoms with van der Waals surface area (Å²) in [5.74, 6) is 0.998. The predicted octanol–water partition coefficient (Wildman–Crippen LogP) is 3.75. The normalized spacial score (nSPS) is 27.8. The molecule has 2 rings (SSSR count). The Hall–Kier alpha value is 0.310. The van der Waals surface area contributed by atoms with Crippen molar-refractivity contribution in [3.8, 4) is 0 Å². The topological polar surface area (TPSA) is 20.2 Å². The van der Waals surface area contributed by atoms with Crippen molar-refractivity contribution in [1.82, 2.24) is 0 Å². The maximum atomic E-state index is 10.4. The van der Waals surface area contributed by atoms with Gasteiger partial charge < -0.3 is 5.11 Å². The van der Waals surface area contributed by atoms with E-state index in [1.165, 1.54) is 51.4 Å². The van der Waals surface area contributed by atoms with E-state index in [-0.39, 0.29) is 5.60 Å². The Balaban J connectivity index is 1.70. The van der Waals surface area contributed by atoms with E-state index < -0.39 is 0 Å². The van der Waals surface area contributed by atoms with Crippen molar-refractivity contribution in [1.29, 1.82) is 0 Å². The van der Waals surface area contributed by atoms with E-state index in [4.69, 9.17) is 0 Å². The molecule has 2 heteroatoms. The zero-order valence-corrected chi connectivity index (χ0v) is 10.5. The van der Waals surface area contributed by atoms with E-state index >= 15 is 0 Å². The summed E-state index contributed by atoms with van der Waals surface area (Å²) in [5.41, 5.74) is -0.305. The van der Waals surface area contributed by atoms with Gasteiger partial charge >= 0.3 is 0 Å². The van der Waals surface area contributed by atoms with Crippen molar-refractivity contribution in [3.63, 3.8) is 0 Å². The van der Waals surface area contributed by atoms with E-state index in [2.05, 4.69) is 11.8 Å². The van der Waals surface area contributed by atoms with Crippen LogP contribution in [-0.4, -0.2) is 21.7 Å². The van der Waals surface area contributed by atoms with E-state index in [1.807, 2.05) is 0 Å². The molecule has 0 amide bonds. The lowest BCUT2D eigenvalue weighted by molar-refractivity contribution is 0.0271. The van der Waals surface area contributed by atoms with E-state index in [0.717, 1.165) is 23.8 Å². The van der Waals surface area contributed by atoms with Crippen LogP contribution in [0.2, 0.25) is 0 Å². The molecule has 0 atom stereocenters. The molecule has 15 heavy (non-hydrogen) atoms. The molecule has 0 radical (unpaired) electrons. The molecule has 2 aliphatic carbocycles. The maximum absolute atomic E-state index is 10.4. The summed E-state index contributed by atoms with van der Waals surface area (Å²) in [7, 11) is 0. The fourth-order valence-electron chi connectivity index (χ4n) is 2.86. The van der Waals surface area contributed by atoms with Gasteiger partial charge in [-0.2, -0.15) is 11.8 Å². The molecule has 0 saturated heterocycles. The molecule has 0 spiro atoms. The third-order valence-electron chi connectivity index (χ3n) is 3.92. The molecular weight excluding hydrogens is 204 g/mol. The molecule has 0 unspecified atom stereocenters. The van der Waals surface area contributed by atoms with Crippen molar-refractivity contribution in [2.75, 3.05) is 5.75 Å². The van der Waals surface area contributed by atoms with Crippen molar-refractivity contribution < 1.29 is 5.11 Å². The maximum Gasteiger partial charge on any atom is 0.0737 e. The minimum absolute atomic E-state index is 0.305. The molecule has 2 aliphatic rings. The number of hydrogen-bond acceptors (Lipinski definition) is 2. The first kappa shape index (κ1) is 11.8. The van der Waals surface area contributed by atoms with Crippen molar-refractivity contribution in [3.05, 3.63) is 0 Å². The molecule has 0 aliphatic heterocycles. The van der Waals surface area contributed by atoms with Gasteiger partial charge in [-0.15, -0.1) is 0 Å². The van der Waals surface area contributed by atoms with Crippen molar-refractivity contribution in [2.24, 2.45) is 0 Å². The summed E-state index contributed by atoms with van der Waals surface area (Å²) in [6.07, 6.45) is 12.9. The standard InChI is InChI=1S/C13H24OS/c14-13(9-5-2-6-10-13)11-15-12-7-3-1-4-8-12/h12,14H,1-11H2. The van der Waals surface area contributed by atoms with E-state index in [9.17, 15) is 5.11 Å². The fourth-order valence-corrected chi connectivity index (χ4v) is 4.36. The minimum Gasteiger partial charge on any atom is -0.389 e. The third kappa shape index (κ3) is 3.67. The van der Waals surface area contributed by atoms with Crippen LogP contribution < -0.4 is 0 Å². The molecule has 2 fully saturated rings. The minimum atomic E-state index is -0.305. The van der Waals surface area contributed by atoms with Crippen LogP contribution in [-0.2, 0) is 0 Å². The number of thioether (sulfide) groups is 1. The Morgan fingerprint density at radius 1 is 0.933 bits per heavy atom. The second kappa shape index (κ2) is 5.58. The summed E-state index contributed by atoms with van der Waals surface area (Å²) >= 11 is 2.05. The van der Waals surface area contributed by atoms with Crippen molar-refractivity contribution in [2.45, 2.75) is 75.1 Å². The molecule has 88 valence electrons. The van der Waals surface area contributed by atoms with Gasteiger partial charge in [-0.25, -0.2) is 0 Å². The Kier molecular flexibility index (Phi) is 4.39. The van der Waals surface area contributed by atoms with E-state index in [1.54, 1.807) is 0 Å². The van der Waals surface area contributed by atoms with Gasteiger partial charge in [0.25, 0.3) is 0 Å². The van der Waals surface area contributed by atoms with Gasteiger partial charge in [0.05, 0.1) is 5.60 Å². The zero-order chi connectivity index (χ0) is 10.6. The summed E-state index contributed by atoms with van der Waals surface area (Å²) < 4.78 is 0. The van der Waals surface area contributed by atoms with Gasteiger partial charge in [0.2, 0.25) is 0 Å². The highest BCUT2D eigenvalue weighted by molar-refractivity contribution is 7.99. The van der Waals surface area contributed by atoms with Crippen LogP contribution in [0.3, 0.4) is 0 Å². The highest BCUT2D eigenvalue weighted by atomic mass is 32.2. The lowest BCUT2D eigenvalue weighted by atomic mass is 9.86. The van der Waals surface area contributed by atoms with Gasteiger partial charge in [0.1, 0.15) is 0 Å². The average molecular weight is 228 g/mol. The second-order valence-corrected chi connectivity index (χ2v) is 6.64. The van der Waals surface area contributed by atoms with Crippen LogP contribution in [0.25, 0.3) is 0 Å². The lowest BCUT2D eigenvalue weighted by Crippen LogP contribution is -2.35. The first-order valence-corrected chi connectivity index (χ1v) is 7.67. The van der Waals surface area contributed by atoms with Gasteiger partial charge in [-0.3, -0.25) is 0 Å². The molecule has 0 bridgehead atoms. The van der Waals surface area contributed by atoms with Crippen molar-refractivity contribution >= 4 is 11.8 Å². The van der Waals surface area contributed by atoms with Gasteiger partial charge in [-0.1, -0.05) is 38.5 Å².